The Hall–Kier alpha value is -6.22. The van der Waals surface area contributed by atoms with Crippen molar-refractivity contribution >= 4 is 85.8 Å². The summed E-state index contributed by atoms with van der Waals surface area (Å²) in [6.07, 6.45) is 0. The topological polar surface area (TPSA) is 13.1 Å². The molecule has 0 N–H and O–H groups in total. The first-order valence-corrected chi connectivity index (χ1v) is 17.9. The van der Waals surface area contributed by atoms with Crippen LogP contribution in [0.2, 0.25) is 0 Å². The Balaban J connectivity index is 1.10. The number of hydrogen-bond donors (Lipinski definition) is 0. The lowest BCUT2D eigenvalue weighted by Crippen LogP contribution is -1.87. The van der Waals surface area contributed by atoms with Crippen molar-refractivity contribution in [2.75, 3.05) is 0 Å². The van der Waals surface area contributed by atoms with E-state index in [1.165, 1.54) is 74.7 Å². The zero-order valence-electron chi connectivity index (χ0n) is 27.0. The van der Waals surface area contributed by atoms with Crippen LogP contribution in [0.25, 0.3) is 108 Å². The molecule has 232 valence electrons. The van der Waals surface area contributed by atoms with E-state index in [0.29, 0.717) is 0 Å². The SMILES string of the molecule is c1cc(-c2ccc3c4ccccc4c4cc(-c5cccc6c5sc5ccccc56)ccc4c3c2)cc(-c2cccc3c2oc2ccccc23)c1. The van der Waals surface area contributed by atoms with Crippen LogP contribution < -0.4 is 0 Å². The number of rotatable bonds is 3. The monoisotopic (exact) mass is 652 g/mol. The highest BCUT2D eigenvalue weighted by Crippen LogP contribution is 2.43. The van der Waals surface area contributed by atoms with E-state index in [-0.39, 0.29) is 0 Å². The first-order valence-electron chi connectivity index (χ1n) is 17.1. The molecule has 0 aliphatic carbocycles. The maximum atomic E-state index is 6.41. The van der Waals surface area contributed by atoms with Crippen molar-refractivity contribution in [1.29, 1.82) is 0 Å². The third kappa shape index (κ3) is 4.06. The predicted octanol–water partition coefficient (Wildman–Crippen LogP) is 14.4. The standard InChI is InChI=1S/C48H28OS/c1-2-13-36-35(12-1)37-24-22-30(29-10-7-11-31(26-29)33-16-8-18-41-39-14-3-5-20-45(39)49-47(33)41)27-43(37)38-25-23-32(28-44(36)38)34-17-9-19-42-40-15-4-6-21-46(40)50-48(34)42/h1-28H. The second kappa shape index (κ2) is 10.6. The lowest BCUT2D eigenvalue weighted by Gasteiger charge is -2.14. The fourth-order valence-electron chi connectivity index (χ4n) is 8.12. The van der Waals surface area contributed by atoms with Crippen molar-refractivity contribution in [2.24, 2.45) is 0 Å². The van der Waals surface area contributed by atoms with E-state index in [9.17, 15) is 0 Å². The number of para-hydroxylation sites is 2. The number of thiophene rings is 1. The minimum absolute atomic E-state index is 0.920. The first kappa shape index (κ1) is 27.7. The zero-order chi connectivity index (χ0) is 32.8. The van der Waals surface area contributed by atoms with Gasteiger partial charge in [-0.1, -0.05) is 140 Å². The number of hydrogen-bond acceptors (Lipinski definition) is 2. The molecule has 0 bridgehead atoms. The highest BCUT2D eigenvalue weighted by atomic mass is 32.1. The van der Waals surface area contributed by atoms with Crippen LogP contribution >= 0.6 is 11.3 Å². The first-order chi connectivity index (χ1) is 24.8. The van der Waals surface area contributed by atoms with Crippen LogP contribution in [-0.4, -0.2) is 0 Å². The summed E-state index contributed by atoms with van der Waals surface area (Å²) < 4.78 is 9.09. The van der Waals surface area contributed by atoms with Crippen molar-refractivity contribution in [2.45, 2.75) is 0 Å². The molecule has 0 spiro atoms. The van der Waals surface area contributed by atoms with Crippen LogP contribution in [0.15, 0.2) is 174 Å². The number of furan rings is 1. The van der Waals surface area contributed by atoms with Crippen LogP contribution in [0.1, 0.15) is 0 Å². The molecule has 0 amide bonds. The van der Waals surface area contributed by atoms with Gasteiger partial charge in [-0.2, -0.15) is 0 Å². The molecular weight excluding hydrogens is 625 g/mol. The molecule has 0 radical (unpaired) electrons. The lowest BCUT2D eigenvalue weighted by molar-refractivity contribution is 0.670. The minimum Gasteiger partial charge on any atom is -0.455 e. The molecule has 0 saturated carbocycles. The van der Waals surface area contributed by atoms with E-state index in [4.69, 9.17) is 4.42 Å². The van der Waals surface area contributed by atoms with Crippen LogP contribution in [0, 0.1) is 0 Å². The fourth-order valence-corrected chi connectivity index (χ4v) is 9.36. The molecule has 11 aromatic rings. The molecule has 0 saturated heterocycles. The lowest BCUT2D eigenvalue weighted by atomic mass is 9.90. The molecular formula is C48H28OS. The maximum Gasteiger partial charge on any atom is 0.143 e. The summed E-state index contributed by atoms with van der Waals surface area (Å²) in [6.45, 7) is 0. The summed E-state index contributed by atoms with van der Waals surface area (Å²) in [6, 6.07) is 62.0. The Morgan fingerprint density at radius 3 is 1.72 bits per heavy atom. The van der Waals surface area contributed by atoms with Crippen LogP contribution in [-0.2, 0) is 0 Å². The van der Waals surface area contributed by atoms with Gasteiger partial charge in [0.25, 0.3) is 0 Å². The van der Waals surface area contributed by atoms with E-state index >= 15 is 0 Å². The molecule has 11 rings (SSSR count). The molecule has 2 heterocycles. The van der Waals surface area contributed by atoms with Gasteiger partial charge in [-0.25, -0.2) is 0 Å². The van der Waals surface area contributed by atoms with Gasteiger partial charge in [0.15, 0.2) is 0 Å². The number of benzene rings is 9. The third-order valence-corrected chi connectivity index (χ3v) is 11.7. The fraction of sp³-hybridized carbons (Fsp3) is 0. The molecule has 0 unspecified atom stereocenters. The van der Waals surface area contributed by atoms with Crippen molar-refractivity contribution in [3.05, 3.63) is 170 Å². The zero-order valence-corrected chi connectivity index (χ0v) is 27.8. The van der Waals surface area contributed by atoms with Gasteiger partial charge in [-0.15, -0.1) is 11.3 Å². The summed E-state index contributed by atoms with van der Waals surface area (Å²) in [5.74, 6) is 0. The van der Waals surface area contributed by atoms with E-state index in [1.807, 2.05) is 23.5 Å². The Bertz CT molecular complexity index is 3160. The van der Waals surface area contributed by atoms with Gasteiger partial charge in [-0.3, -0.25) is 0 Å². The average molecular weight is 653 g/mol. The average Bonchev–Trinajstić information content (AvgIpc) is 3.76. The van der Waals surface area contributed by atoms with Crippen molar-refractivity contribution in [1.82, 2.24) is 0 Å². The van der Waals surface area contributed by atoms with E-state index in [0.717, 1.165) is 33.1 Å². The van der Waals surface area contributed by atoms with Crippen molar-refractivity contribution in [3.8, 4) is 33.4 Å². The van der Waals surface area contributed by atoms with Crippen LogP contribution in [0.4, 0.5) is 0 Å². The van der Waals surface area contributed by atoms with Crippen molar-refractivity contribution in [3.63, 3.8) is 0 Å². The molecule has 0 fully saturated rings. The third-order valence-electron chi connectivity index (χ3n) is 10.5. The quantitative estimate of drug-likeness (QED) is 0.173. The van der Waals surface area contributed by atoms with Crippen molar-refractivity contribution < 1.29 is 4.42 Å². The summed E-state index contributed by atoms with van der Waals surface area (Å²) in [7, 11) is 0. The molecule has 0 aliphatic heterocycles. The Morgan fingerprint density at radius 1 is 0.320 bits per heavy atom. The van der Waals surface area contributed by atoms with Crippen LogP contribution in [0.5, 0.6) is 0 Å². The summed E-state index contributed by atoms with van der Waals surface area (Å²) >= 11 is 1.89. The predicted molar refractivity (Wildman–Crippen MR) is 215 cm³/mol. The van der Waals surface area contributed by atoms with E-state index in [2.05, 4.69) is 158 Å². The second-order valence-corrected chi connectivity index (χ2v) is 14.3. The molecule has 50 heavy (non-hydrogen) atoms. The van der Waals surface area contributed by atoms with Gasteiger partial charge in [0.2, 0.25) is 0 Å². The van der Waals surface area contributed by atoms with Gasteiger partial charge in [0.1, 0.15) is 11.2 Å². The van der Waals surface area contributed by atoms with E-state index < -0.39 is 0 Å². The molecule has 0 aliphatic rings. The summed E-state index contributed by atoms with van der Waals surface area (Å²) in [5.41, 5.74) is 9.04. The number of fused-ring (bicyclic) bond motifs is 12. The Kier molecular flexibility index (Phi) is 5.89. The highest BCUT2D eigenvalue weighted by Gasteiger charge is 2.16. The molecule has 2 heteroatoms. The van der Waals surface area contributed by atoms with Gasteiger partial charge in [0.05, 0.1) is 0 Å². The maximum absolute atomic E-state index is 6.41. The summed E-state index contributed by atoms with van der Waals surface area (Å²) in [5, 5.41) is 12.6. The van der Waals surface area contributed by atoms with Gasteiger partial charge < -0.3 is 4.42 Å². The molecule has 2 aromatic heterocycles. The molecule has 0 atom stereocenters. The second-order valence-electron chi connectivity index (χ2n) is 13.2. The largest absolute Gasteiger partial charge is 0.455 e. The van der Waals surface area contributed by atoms with Crippen LogP contribution in [0.3, 0.4) is 0 Å². The highest BCUT2D eigenvalue weighted by molar-refractivity contribution is 7.26. The van der Waals surface area contributed by atoms with E-state index in [1.54, 1.807) is 0 Å². The smallest absolute Gasteiger partial charge is 0.143 e. The Morgan fingerprint density at radius 2 is 0.860 bits per heavy atom. The van der Waals surface area contributed by atoms with Gasteiger partial charge in [-0.05, 0) is 90.5 Å². The Labute approximate surface area is 292 Å². The minimum atomic E-state index is 0.920. The van der Waals surface area contributed by atoms with Gasteiger partial charge >= 0.3 is 0 Å². The summed E-state index contributed by atoms with van der Waals surface area (Å²) in [4.78, 5) is 0. The molecule has 1 nitrogen and oxygen atoms in total. The normalized spacial score (nSPS) is 12.0. The van der Waals surface area contributed by atoms with Gasteiger partial charge in [0, 0.05) is 36.5 Å². The molecule has 9 aromatic carbocycles.